The number of rotatable bonds is 9. The van der Waals surface area contributed by atoms with Gasteiger partial charge in [-0.15, -0.1) is 0 Å². The summed E-state index contributed by atoms with van der Waals surface area (Å²) in [6.45, 7) is 7.20. The Hall–Kier alpha value is -3.14. The molecule has 9 nitrogen and oxygen atoms in total. The van der Waals surface area contributed by atoms with Crippen LogP contribution in [0.15, 0.2) is 30.5 Å². The molecule has 1 fully saturated rings. The molecule has 3 aromatic rings. The molecule has 1 aromatic carbocycles. The van der Waals surface area contributed by atoms with Crippen LogP contribution >= 0.6 is 0 Å². The normalized spacial score (nSPS) is 13.9. The first-order valence-corrected chi connectivity index (χ1v) is 13.5. The van der Waals surface area contributed by atoms with Crippen LogP contribution in [0.1, 0.15) is 55.6 Å². The van der Waals surface area contributed by atoms with E-state index in [-0.39, 0.29) is 11.8 Å². The van der Waals surface area contributed by atoms with Crippen LogP contribution in [-0.4, -0.2) is 55.5 Å². The molecular weight excluding hydrogens is 452 g/mol. The number of nitrogens with one attached hydrogen (secondary N) is 2. The van der Waals surface area contributed by atoms with Crippen molar-refractivity contribution in [2.45, 2.75) is 39.5 Å². The van der Waals surface area contributed by atoms with Gasteiger partial charge in [-0.05, 0) is 61.4 Å². The minimum atomic E-state index is -3.46. The maximum Gasteiger partial charge on any atom is 0.270 e. The van der Waals surface area contributed by atoms with Crippen molar-refractivity contribution in [2.75, 3.05) is 36.0 Å². The Morgan fingerprint density at radius 1 is 1.26 bits per heavy atom. The van der Waals surface area contributed by atoms with Gasteiger partial charge >= 0.3 is 0 Å². The van der Waals surface area contributed by atoms with Gasteiger partial charge in [0.05, 0.1) is 29.3 Å². The van der Waals surface area contributed by atoms with Crippen molar-refractivity contribution in [1.29, 1.82) is 0 Å². The van der Waals surface area contributed by atoms with Gasteiger partial charge in [-0.25, -0.2) is 18.1 Å². The second-order valence-electron chi connectivity index (χ2n) is 9.15. The molecule has 182 valence electrons. The van der Waals surface area contributed by atoms with Gasteiger partial charge in [0, 0.05) is 25.5 Å². The average Bonchev–Trinajstić information content (AvgIpc) is 3.57. The molecule has 0 atom stereocenters. The number of pyridine rings is 1. The Morgan fingerprint density at radius 2 is 2.00 bits per heavy atom. The highest BCUT2D eigenvalue weighted by atomic mass is 32.2. The number of hydrogen-bond acceptors (Lipinski definition) is 6. The summed E-state index contributed by atoms with van der Waals surface area (Å²) < 4.78 is 28.0. The smallest absolute Gasteiger partial charge is 0.270 e. The van der Waals surface area contributed by atoms with Crippen LogP contribution in [0.5, 0.6) is 0 Å². The van der Waals surface area contributed by atoms with E-state index < -0.39 is 10.0 Å². The highest BCUT2D eigenvalue weighted by Crippen LogP contribution is 2.46. The van der Waals surface area contributed by atoms with Gasteiger partial charge in [0.2, 0.25) is 10.0 Å². The number of sulfonamides is 1. The number of benzene rings is 1. The molecule has 1 aliphatic carbocycles. The van der Waals surface area contributed by atoms with Gasteiger partial charge in [0.15, 0.2) is 0 Å². The lowest BCUT2D eigenvalue weighted by Crippen LogP contribution is -2.30. The Morgan fingerprint density at radius 3 is 2.53 bits per heavy atom. The molecule has 1 amide bonds. The van der Waals surface area contributed by atoms with Crippen molar-refractivity contribution >= 4 is 38.3 Å². The van der Waals surface area contributed by atoms with Crippen LogP contribution in [0, 0.1) is 5.92 Å². The summed E-state index contributed by atoms with van der Waals surface area (Å²) in [7, 11) is -1.87. The highest BCUT2D eigenvalue weighted by molar-refractivity contribution is 7.92. The number of anilines is 2. The molecule has 0 aliphatic heterocycles. The van der Waals surface area contributed by atoms with E-state index in [2.05, 4.69) is 29.5 Å². The van der Waals surface area contributed by atoms with Crippen LogP contribution in [-0.2, 0) is 10.0 Å². The molecule has 2 aromatic heterocycles. The lowest BCUT2D eigenvalue weighted by Gasteiger charge is -2.23. The van der Waals surface area contributed by atoms with Crippen LogP contribution in [0.25, 0.3) is 16.6 Å². The molecule has 0 saturated heterocycles. The molecule has 0 bridgehead atoms. The van der Waals surface area contributed by atoms with E-state index >= 15 is 0 Å². The lowest BCUT2D eigenvalue weighted by atomic mass is 10.0. The van der Waals surface area contributed by atoms with Crippen molar-refractivity contribution in [3.8, 4) is 5.69 Å². The van der Waals surface area contributed by atoms with Gasteiger partial charge in [0.25, 0.3) is 5.91 Å². The predicted molar refractivity (Wildman–Crippen MR) is 135 cm³/mol. The minimum absolute atomic E-state index is 0.269. The van der Waals surface area contributed by atoms with E-state index in [0.717, 1.165) is 30.8 Å². The fourth-order valence-corrected chi connectivity index (χ4v) is 5.09. The molecule has 4 rings (SSSR count). The van der Waals surface area contributed by atoms with Gasteiger partial charge in [-0.3, -0.25) is 9.10 Å². The van der Waals surface area contributed by atoms with E-state index in [0.29, 0.717) is 40.4 Å². The van der Waals surface area contributed by atoms with E-state index in [9.17, 15) is 13.2 Å². The van der Waals surface area contributed by atoms with Gasteiger partial charge < -0.3 is 10.6 Å². The number of hydrogen-bond donors (Lipinski definition) is 2. The summed E-state index contributed by atoms with van der Waals surface area (Å²) in [5.41, 5.74) is 3.19. The molecule has 0 radical (unpaired) electrons. The second-order valence-corrected chi connectivity index (χ2v) is 11.1. The first-order chi connectivity index (χ1) is 16.1. The molecule has 10 heteroatoms. The Kier molecular flexibility index (Phi) is 6.53. The number of carbonyl (C=O) groups is 1. The van der Waals surface area contributed by atoms with Crippen molar-refractivity contribution in [3.63, 3.8) is 0 Å². The summed E-state index contributed by atoms with van der Waals surface area (Å²) in [6.07, 6.45) is 4.89. The molecule has 34 heavy (non-hydrogen) atoms. The minimum Gasteiger partial charge on any atom is -0.370 e. The molecule has 2 heterocycles. The van der Waals surface area contributed by atoms with Gasteiger partial charge in [-0.1, -0.05) is 13.8 Å². The summed E-state index contributed by atoms with van der Waals surface area (Å²) in [4.78, 5) is 17.4. The van der Waals surface area contributed by atoms with Crippen molar-refractivity contribution in [3.05, 3.63) is 41.7 Å². The van der Waals surface area contributed by atoms with Crippen molar-refractivity contribution < 1.29 is 13.2 Å². The summed E-state index contributed by atoms with van der Waals surface area (Å²) in [6, 6.07) is 7.46. The van der Waals surface area contributed by atoms with Gasteiger partial charge in [-0.2, -0.15) is 5.10 Å². The van der Waals surface area contributed by atoms with Crippen LogP contribution in [0.4, 0.5) is 11.5 Å². The average molecular weight is 485 g/mol. The molecular formula is C24H32N6O3S. The maximum absolute atomic E-state index is 12.9. The Bertz CT molecular complexity index is 1310. The fraction of sp³-hybridized carbons (Fsp3) is 0.458. The Labute approximate surface area is 200 Å². The lowest BCUT2D eigenvalue weighted by molar-refractivity contribution is 0.0957. The topological polar surface area (TPSA) is 109 Å². The molecule has 0 spiro atoms. The zero-order valence-electron chi connectivity index (χ0n) is 20.3. The number of amides is 1. The van der Waals surface area contributed by atoms with E-state index in [1.165, 1.54) is 10.6 Å². The zero-order valence-corrected chi connectivity index (χ0v) is 21.1. The quantitative estimate of drug-likeness (QED) is 0.481. The number of nitrogens with zero attached hydrogens (tertiary/aromatic N) is 4. The summed E-state index contributed by atoms with van der Waals surface area (Å²) in [5, 5.41) is 11.4. The second kappa shape index (κ2) is 9.25. The van der Waals surface area contributed by atoms with Crippen LogP contribution in [0.2, 0.25) is 0 Å². The van der Waals surface area contributed by atoms with Crippen LogP contribution in [0.3, 0.4) is 0 Å². The van der Waals surface area contributed by atoms with Crippen molar-refractivity contribution in [2.24, 2.45) is 5.92 Å². The standard InChI is InChI=1S/C24H32N6O3S/c1-6-29(34(5,32)33)21-12-20-19(11-18(21)16-7-8-16)23(24(31)25-4)30(28-20)17-9-10-22(27-14-17)26-13-15(2)3/h9-12,14-16H,6-8,13H2,1-5H3,(H,25,31)(H,26,27). The summed E-state index contributed by atoms with van der Waals surface area (Å²) >= 11 is 0. The summed E-state index contributed by atoms with van der Waals surface area (Å²) in [5.74, 6) is 1.25. The van der Waals surface area contributed by atoms with E-state index in [1.807, 2.05) is 25.1 Å². The largest absolute Gasteiger partial charge is 0.370 e. The molecule has 0 unspecified atom stereocenters. The SMILES string of the molecule is CCN(c1cc2nn(-c3ccc(NCC(C)C)nc3)c(C(=O)NC)c2cc1C1CC1)S(C)(=O)=O. The third kappa shape index (κ3) is 4.72. The third-order valence-electron chi connectivity index (χ3n) is 5.92. The van der Waals surface area contributed by atoms with Crippen molar-refractivity contribution in [1.82, 2.24) is 20.1 Å². The highest BCUT2D eigenvalue weighted by Gasteiger charge is 2.32. The molecule has 2 N–H and O–H groups in total. The van der Waals surface area contributed by atoms with Gasteiger partial charge in [0.1, 0.15) is 11.5 Å². The number of fused-ring (bicyclic) bond motifs is 1. The Balaban J connectivity index is 1.87. The zero-order chi connectivity index (χ0) is 24.6. The monoisotopic (exact) mass is 484 g/mol. The van der Waals surface area contributed by atoms with E-state index in [4.69, 9.17) is 5.10 Å². The molecule has 1 saturated carbocycles. The number of aromatic nitrogens is 3. The maximum atomic E-state index is 12.9. The first-order valence-electron chi connectivity index (χ1n) is 11.6. The van der Waals surface area contributed by atoms with E-state index in [1.54, 1.807) is 24.0 Å². The predicted octanol–water partition coefficient (Wildman–Crippen LogP) is 3.51. The first kappa shape index (κ1) is 24.0. The van der Waals surface area contributed by atoms with Crippen LogP contribution < -0.4 is 14.9 Å². The molecule has 1 aliphatic rings. The fourth-order valence-electron chi connectivity index (χ4n) is 4.11. The third-order valence-corrected chi connectivity index (χ3v) is 7.17. The number of carbonyl (C=O) groups excluding carboxylic acids is 1.